The molecule has 0 fully saturated rings. The molecular weight excluding hydrogens is 268 g/mol. The number of H-pyrrole nitrogens is 1. The van der Waals surface area contributed by atoms with E-state index in [9.17, 15) is 4.79 Å². The van der Waals surface area contributed by atoms with Gasteiger partial charge in [-0.15, -0.1) is 0 Å². The van der Waals surface area contributed by atoms with Gasteiger partial charge in [-0.2, -0.15) is 0 Å². The third kappa shape index (κ3) is 2.86. The lowest BCUT2D eigenvalue weighted by molar-refractivity contribution is 0.615. The van der Waals surface area contributed by atoms with Crippen molar-refractivity contribution in [3.05, 3.63) is 47.3 Å². The van der Waals surface area contributed by atoms with Gasteiger partial charge >= 0.3 is 0 Å². The zero-order valence-electron chi connectivity index (χ0n) is 11.6. The van der Waals surface area contributed by atoms with Crippen molar-refractivity contribution in [1.82, 2.24) is 19.5 Å². The van der Waals surface area contributed by atoms with Gasteiger partial charge in [0.25, 0.3) is 5.56 Å². The topological polar surface area (TPSA) is 102 Å². The van der Waals surface area contributed by atoms with E-state index >= 15 is 0 Å². The summed E-state index contributed by atoms with van der Waals surface area (Å²) in [6, 6.07) is 5.19. The van der Waals surface area contributed by atoms with Gasteiger partial charge in [0.1, 0.15) is 0 Å². The van der Waals surface area contributed by atoms with Crippen LogP contribution in [0, 0.1) is 0 Å². The van der Waals surface area contributed by atoms with E-state index in [1.54, 1.807) is 30.7 Å². The minimum atomic E-state index is -0.204. The first-order valence-corrected chi connectivity index (χ1v) is 6.63. The van der Waals surface area contributed by atoms with E-state index in [-0.39, 0.29) is 11.6 Å². The van der Waals surface area contributed by atoms with Crippen LogP contribution in [-0.2, 0) is 6.54 Å². The average molecular weight is 284 g/mol. The maximum absolute atomic E-state index is 12.0. The SMILES string of the molecule is CC(Cn1ccnc1)Nc1nc2ccc(N)cc2c(=O)[nH]1. The van der Waals surface area contributed by atoms with E-state index < -0.39 is 0 Å². The van der Waals surface area contributed by atoms with Crippen molar-refractivity contribution in [2.24, 2.45) is 0 Å². The van der Waals surface area contributed by atoms with E-state index in [4.69, 9.17) is 5.73 Å². The van der Waals surface area contributed by atoms with Gasteiger partial charge in [0.05, 0.1) is 17.2 Å². The first-order chi connectivity index (χ1) is 10.1. The summed E-state index contributed by atoms with van der Waals surface area (Å²) in [7, 11) is 0. The van der Waals surface area contributed by atoms with Crippen LogP contribution in [0.1, 0.15) is 6.92 Å². The number of benzene rings is 1. The third-order valence-electron chi connectivity index (χ3n) is 3.16. The third-order valence-corrected chi connectivity index (χ3v) is 3.16. The molecule has 4 N–H and O–H groups in total. The number of nitrogen functional groups attached to an aromatic ring is 1. The van der Waals surface area contributed by atoms with Gasteiger partial charge in [0.15, 0.2) is 0 Å². The molecular formula is C14H16N6O. The second kappa shape index (κ2) is 5.28. The van der Waals surface area contributed by atoms with Crippen molar-refractivity contribution < 1.29 is 0 Å². The fourth-order valence-electron chi connectivity index (χ4n) is 2.21. The Morgan fingerprint density at radius 1 is 1.48 bits per heavy atom. The van der Waals surface area contributed by atoms with Gasteiger partial charge in [-0.3, -0.25) is 9.78 Å². The fourth-order valence-corrected chi connectivity index (χ4v) is 2.21. The summed E-state index contributed by atoms with van der Waals surface area (Å²) in [5, 5.41) is 3.67. The van der Waals surface area contributed by atoms with Gasteiger partial charge in [-0.1, -0.05) is 0 Å². The number of imidazole rings is 1. The van der Waals surface area contributed by atoms with Crippen LogP contribution in [0.2, 0.25) is 0 Å². The number of hydrogen-bond acceptors (Lipinski definition) is 5. The van der Waals surface area contributed by atoms with Crippen molar-refractivity contribution in [3.8, 4) is 0 Å². The molecule has 0 bridgehead atoms. The monoisotopic (exact) mass is 284 g/mol. The fraction of sp³-hybridized carbons (Fsp3) is 0.214. The number of rotatable bonds is 4. The zero-order chi connectivity index (χ0) is 14.8. The molecule has 21 heavy (non-hydrogen) atoms. The standard InChI is InChI=1S/C14H16N6O/c1-9(7-20-5-4-16-8-20)17-14-18-12-3-2-10(15)6-11(12)13(21)19-14/h2-6,8-9H,7,15H2,1H3,(H2,17,18,19,21). The molecule has 3 aromatic rings. The van der Waals surface area contributed by atoms with Crippen LogP contribution in [0.5, 0.6) is 0 Å². The molecule has 0 aliphatic heterocycles. The molecule has 0 saturated heterocycles. The van der Waals surface area contributed by atoms with E-state index in [1.807, 2.05) is 17.7 Å². The summed E-state index contributed by atoms with van der Waals surface area (Å²) in [4.78, 5) is 23.2. The molecule has 2 heterocycles. The Hall–Kier alpha value is -2.83. The van der Waals surface area contributed by atoms with Crippen LogP contribution in [0.3, 0.4) is 0 Å². The Labute approximate surface area is 120 Å². The minimum absolute atomic E-state index is 0.0913. The molecule has 108 valence electrons. The summed E-state index contributed by atoms with van der Waals surface area (Å²) < 4.78 is 1.96. The first kappa shape index (κ1) is 13.2. The lowest BCUT2D eigenvalue weighted by Crippen LogP contribution is -2.24. The molecule has 0 radical (unpaired) electrons. The van der Waals surface area contributed by atoms with Crippen LogP contribution < -0.4 is 16.6 Å². The number of anilines is 2. The quantitative estimate of drug-likeness (QED) is 0.625. The van der Waals surface area contributed by atoms with Gasteiger partial charge in [0.2, 0.25) is 5.95 Å². The lowest BCUT2D eigenvalue weighted by Gasteiger charge is -2.14. The van der Waals surface area contributed by atoms with Crippen LogP contribution in [0.25, 0.3) is 10.9 Å². The largest absolute Gasteiger partial charge is 0.399 e. The molecule has 0 aliphatic carbocycles. The van der Waals surface area contributed by atoms with E-state index in [1.165, 1.54) is 0 Å². The van der Waals surface area contributed by atoms with Crippen molar-refractivity contribution in [1.29, 1.82) is 0 Å². The molecule has 1 atom stereocenters. The number of nitrogens with two attached hydrogens (primary N) is 1. The van der Waals surface area contributed by atoms with E-state index in [0.717, 1.165) is 6.54 Å². The Balaban J connectivity index is 1.84. The smallest absolute Gasteiger partial charge is 0.260 e. The summed E-state index contributed by atoms with van der Waals surface area (Å²) in [5.74, 6) is 0.449. The lowest BCUT2D eigenvalue weighted by atomic mass is 10.2. The molecule has 0 aliphatic rings. The Morgan fingerprint density at radius 3 is 3.10 bits per heavy atom. The number of nitrogens with zero attached hydrogens (tertiary/aromatic N) is 3. The van der Waals surface area contributed by atoms with Gasteiger partial charge in [-0.05, 0) is 25.1 Å². The van der Waals surface area contributed by atoms with Crippen LogP contribution in [0.4, 0.5) is 11.6 Å². The van der Waals surface area contributed by atoms with Crippen molar-refractivity contribution >= 4 is 22.5 Å². The van der Waals surface area contributed by atoms with E-state index in [2.05, 4.69) is 20.3 Å². The average Bonchev–Trinajstić information content (AvgIpc) is 2.92. The van der Waals surface area contributed by atoms with Gasteiger partial charge in [0, 0.05) is 30.7 Å². The van der Waals surface area contributed by atoms with Crippen LogP contribution >= 0.6 is 0 Å². The highest BCUT2D eigenvalue weighted by Gasteiger charge is 2.07. The maximum Gasteiger partial charge on any atom is 0.260 e. The number of nitrogens with one attached hydrogen (secondary N) is 2. The van der Waals surface area contributed by atoms with Crippen molar-refractivity contribution in [2.45, 2.75) is 19.5 Å². The Morgan fingerprint density at radius 2 is 2.33 bits per heavy atom. The first-order valence-electron chi connectivity index (χ1n) is 6.63. The maximum atomic E-state index is 12.0. The normalized spacial score (nSPS) is 12.4. The summed E-state index contributed by atoms with van der Waals surface area (Å²) >= 11 is 0. The molecule has 7 heteroatoms. The number of hydrogen-bond donors (Lipinski definition) is 3. The molecule has 0 saturated carbocycles. The Kier molecular flexibility index (Phi) is 3.31. The van der Waals surface area contributed by atoms with Gasteiger partial charge in [-0.25, -0.2) is 9.97 Å². The molecule has 2 aromatic heterocycles. The highest BCUT2D eigenvalue weighted by atomic mass is 16.1. The highest BCUT2D eigenvalue weighted by molar-refractivity contribution is 5.81. The van der Waals surface area contributed by atoms with Crippen molar-refractivity contribution in [3.63, 3.8) is 0 Å². The van der Waals surface area contributed by atoms with Gasteiger partial charge < -0.3 is 15.6 Å². The zero-order valence-corrected chi connectivity index (χ0v) is 11.6. The van der Waals surface area contributed by atoms with Crippen molar-refractivity contribution in [2.75, 3.05) is 11.1 Å². The summed E-state index contributed by atoms with van der Waals surface area (Å²) in [6.07, 6.45) is 5.36. The molecule has 0 spiro atoms. The Bertz CT molecular complexity index is 808. The summed E-state index contributed by atoms with van der Waals surface area (Å²) in [6.45, 7) is 2.73. The summed E-state index contributed by atoms with van der Waals surface area (Å²) in [5.41, 5.74) is 6.64. The minimum Gasteiger partial charge on any atom is -0.399 e. The molecule has 3 rings (SSSR count). The predicted molar refractivity (Wildman–Crippen MR) is 82.1 cm³/mol. The highest BCUT2D eigenvalue weighted by Crippen LogP contribution is 2.13. The predicted octanol–water partition coefficient (Wildman–Crippen LogP) is 1.20. The van der Waals surface area contributed by atoms with Crippen LogP contribution in [-0.4, -0.2) is 25.6 Å². The number of aromatic amines is 1. The molecule has 1 unspecified atom stereocenters. The second-order valence-electron chi connectivity index (χ2n) is 5.00. The molecule has 0 amide bonds. The number of fused-ring (bicyclic) bond motifs is 1. The molecule has 7 nitrogen and oxygen atoms in total. The molecule has 1 aromatic carbocycles. The van der Waals surface area contributed by atoms with Crippen LogP contribution in [0.15, 0.2) is 41.7 Å². The second-order valence-corrected chi connectivity index (χ2v) is 5.00. The number of aromatic nitrogens is 4. The van der Waals surface area contributed by atoms with E-state index in [0.29, 0.717) is 22.5 Å².